The number of β-amino-alcohol motifs (C(OH)–C–C–N with tert-alkyl or cyclic N) is 1. The summed E-state index contributed by atoms with van der Waals surface area (Å²) in [5.41, 5.74) is 0. The van der Waals surface area contributed by atoms with Gasteiger partial charge in [0.2, 0.25) is 11.8 Å². The van der Waals surface area contributed by atoms with Gasteiger partial charge < -0.3 is 5.11 Å². The minimum atomic E-state index is -0.163. The molecule has 0 saturated carbocycles. The molecule has 2 rings (SSSR count). The lowest BCUT2D eigenvalue weighted by atomic mass is 10.00. The summed E-state index contributed by atoms with van der Waals surface area (Å²) in [6, 6.07) is 0. The molecule has 0 aromatic carbocycles. The highest BCUT2D eigenvalue weighted by Crippen LogP contribution is 2.32. The van der Waals surface area contributed by atoms with Crippen molar-refractivity contribution in [2.24, 2.45) is 11.8 Å². The SMILES string of the molecule is CCN1C(=O)[C@H]2CN(CCO)C[C@@H]2C1=O. The molecule has 0 bridgehead atoms. The van der Waals surface area contributed by atoms with Gasteiger partial charge in [-0.3, -0.25) is 19.4 Å². The van der Waals surface area contributed by atoms with Gasteiger partial charge in [0.1, 0.15) is 0 Å². The molecule has 0 aromatic heterocycles. The van der Waals surface area contributed by atoms with Crippen molar-refractivity contribution in [1.29, 1.82) is 0 Å². The molecule has 1 N–H and O–H groups in total. The normalized spacial score (nSPS) is 31.5. The van der Waals surface area contributed by atoms with E-state index in [0.29, 0.717) is 26.2 Å². The molecule has 0 spiro atoms. The number of imide groups is 1. The van der Waals surface area contributed by atoms with Crippen LogP contribution in [0.4, 0.5) is 0 Å². The van der Waals surface area contributed by atoms with Crippen LogP contribution in [0.3, 0.4) is 0 Å². The van der Waals surface area contributed by atoms with Crippen LogP contribution in [-0.2, 0) is 9.59 Å². The summed E-state index contributed by atoms with van der Waals surface area (Å²) in [4.78, 5) is 26.9. The van der Waals surface area contributed by atoms with Crippen LogP contribution in [0.5, 0.6) is 0 Å². The Morgan fingerprint density at radius 3 is 2.20 bits per heavy atom. The molecular weight excluding hydrogens is 196 g/mol. The minimum absolute atomic E-state index is 0.0343. The number of hydrogen-bond acceptors (Lipinski definition) is 4. The van der Waals surface area contributed by atoms with E-state index in [1.807, 2.05) is 11.8 Å². The number of rotatable bonds is 3. The van der Waals surface area contributed by atoms with Gasteiger partial charge in [0.25, 0.3) is 0 Å². The predicted octanol–water partition coefficient (Wildman–Crippen LogP) is -1.08. The molecule has 2 aliphatic heterocycles. The van der Waals surface area contributed by atoms with E-state index < -0.39 is 0 Å². The van der Waals surface area contributed by atoms with Gasteiger partial charge in [-0.2, -0.15) is 0 Å². The van der Waals surface area contributed by atoms with Gasteiger partial charge in [-0.05, 0) is 6.92 Å². The van der Waals surface area contributed by atoms with E-state index >= 15 is 0 Å². The predicted molar refractivity (Wildman–Crippen MR) is 52.9 cm³/mol. The van der Waals surface area contributed by atoms with Gasteiger partial charge >= 0.3 is 0 Å². The van der Waals surface area contributed by atoms with E-state index in [2.05, 4.69) is 0 Å². The fraction of sp³-hybridized carbons (Fsp3) is 0.800. The molecule has 0 aliphatic carbocycles. The van der Waals surface area contributed by atoms with Crippen LogP contribution in [0, 0.1) is 11.8 Å². The number of likely N-dealkylation sites (tertiary alicyclic amines) is 2. The van der Waals surface area contributed by atoms with Crippen molar-refractivity contribution in [3.63, 3.8) is 0 Å². The summed E-state index contributed by atoms with van der Waals surface area (Å²) in [6.45, 7) is 4.17. The monoisotopic (exact) mass is 212 g/mol. The topological polar surface area (TPSA) is 60.9 Å². The lowest BCUT2D eigenvalue weighted by molar-refractivity contribution is -0.140. The average Bonchev–Trinajstić information content (AvgIpc) is 2.70. The molecule has 2 amide bonds. The van der Waals surface area contributed by atoms with Crippen LogP contribution in [0.1, 0.15) is 6.92 Å². The highest BCUT2D eigenvalue weighted by atomic mass is 16.3. The van der Waals surface area contributed by atoms with Gasteiger partial charge in [-0.15, -0.1) is 0 Å². The average molecular weight is 212 g/mol. The first-order chi connectivity index (χ1) is 7.19. The Hall–Kier alpha value is -0.940. The van der Waals surface area contributed by atoms with E-state index in [9.17, 15) is 9.59 Å². The van der Waals surface area contributed by atoms with Crippen LogP contribution < -0.4 is 0 Å². The first-order valence-corrected chi connectivity index (χ1v) is 5.37. The van der Waals surface area contributed by atoms with Crippen LogP contribution >= 0.6 is 0 Å². The van der Waals surface area contributed by atoms with Crippen molar-refractivity contribution in [3.8, 4) is 0 Å². The number of aliphatic hydroxyl groups excluding tert-OH is 1. The quantitative estimate of drug-likeness (QED) is 0.604. The van der Waals surface area contributed by atoms with Crippen molar-refractivity contribution in [2.75, 3.05) is 32.8 Å². The maximum atomic E-state index is 11.8. The Kier molecular flexibility index (Phi) is 2.75. The number of nitrogens with zero attached hydrogens (tertiary/aromatic N) is 2. The van der Waals surface area contributed by atoms with Crippen molar-refractivity contribution >= 4 is 11.8 Å². The standard InChI is InChI=1S/C10H16N2O3/c1-2-12-9(14)7-5-11(3-4-13)6-8(7)10(12)15/h7-8,13H,2-6H2,1H3/t7-,8-/m0/s1. The second-order valence-corrected chi connectivity index (χ2v) is 4.12. The largest absolute Gasteiger partial charge is 0.395 e. The number of carbonyl (C=O) groups excluding carboxylic acids is 2. The number of hydrogen-bond donors (Lipinski definition) is 1. The van der Waals surface area contributed by atoms with Gasteiger partial charge in [-0.1, -0.05) is 0 Å². The third kappa shape index (κ3) is 1.55. The molecular formula is C10H16N2O3. The number of amides is 2. The summed E-state index contributed by atoms with van der Waals surface area (Å²) in [7, 11) is 0. The van der Waals surface area contributed by atoms with Crippen LogP contribution in [0.2, 0.25) is 0 Å². The summed E-state index contributed by atoms with van der Waals surface area (Å²) in [5, 5.41) is 8.80. The Morgan fingerprint density at radius 2 is 1.80 bits per heavy atom. The zero-order chi connectivity index (χ0) is 11.0. The first kappa shape index (κ1) is 10.6. The Bertz CT molecular complexity index is 268. The maximum absolute atomic E-state index is 11.8. The zero-order valence-corrected chi connectivity index (χ0v) is 8.85. The smallest absolute Gasteiger partial charge is 0.234 e. The van der Waals surface area contributed by atoms with E-state index in [0.717, 1.165) is 0 Å². The second-order valence-electron chi connectivity index (χ2n) is 4.12. The highest BCUT2D eigenvalue weighted by Gasteiger charge is 2.51. The van der Waals surface area contributed by atoms with Gasteiger partial charge in [0, 0.05) is 26.2 Å². The number of aliphatic hydroxyl groups is 1. The number of fused-ring (bicyclic) bond motifs is 1. The molecule has 5 nitrogen and oxygen atoms in total. The highest BCUT2D eigenvalue weighted by molar-refractivity contribution is 6.05. The second kappa shape index (κ2) is 3.90. The Balaban J connectivity index is 2.08. The minimum Gasteiger partial charge on any atom is -0.395 e. The molecule has 5 heteroatoms. The third-order valence-corrected chi connectivity index (χ3v) is 3.29. The van der Waals surface area contributed by atoms with Crippen LogP contribution in [0.15, 0.2) is 0 Å². The fourth-order valence-corrected chi connectivity index (χ4v) is 2.53. The molecule has 2 saturated heterocycles. The third-order valence-electron chi connectivity index (χ3n) is 3.29. The lowest BCUT2D eigenvalue weighted by Crippen LogP contribution is -2.36. The summed E-state index contributed by atoms with van der Waals surface area (Å²) in [5.74, 6) is -0.395. The zero-order valence-electron chi connectivity index (χ0n) is 8.85. The molecule has 2 fully saturated rings. The van der Waals surface area contributed by atoms with Gasteiger partial charge in [0.15, 0.2) is 0 Å². The Morgan fingerprint density at radius 1 is 1.27 bits per heavy atom. The van der Waals surface area contributed by atoms with Gasteiger partial charge in [-0.25, -0.2) is 0 Å². The molecule has 2 atom stereocenters. The summed E-state index contributed by atoms with van der Waals surface area (Å²) < 4.78 is 0. The maximum Gasteiger partial charge on any atom is 0.234 e. The van der Waals surface area contributed by atoms with E-state index in [-0.39, 0.29) is 30.3 Å². The molecule has 2 aliphatic rings. The summed E-state index contributed by atoms with van der Waals surface area (Å²) >= 11 is 0. The van der Waals surface area contributed by atoms with Crippen molar-refractivity contribution in [2.45, 2.75) is 6.92 Å². The van der Waals surface area contributed by atoms with E-state index in [4.69, 9.17) is 5.11 Å². The molecule has 0 radical (unpaired) electrons. The van der Waals surface area contributed by atoms with E-state index in [1.165, 1.54) is 4.90 Å². The molecule has 0 unspecified atom stereocenters. The lowest BCUT2D eigenvalue weighted by Gasteiger charge is -2.18. The van der Waals surface area contributed by atoms with Gasteiger partial charge in [0.05, 0.1) is 18.4 Å². The molecule has 0 aromatic rings. The van der Waals surface area contributed by atoms with Crippen LogP contribution in [-0.4, -0.2) is 59.5 Å². The van der Waals surface area contributed by atoms with Crippen LogP contribution in [0.25, 0.3) is 0 Å². The Labute approximate surface area is 88.6 Å². The number of carbonyl (C=O) groups is 2. The molecule has 15 heavy (non-hydrogen) atoms. The summed E-state index contributed by atoms with van der Waals surface area (Å²) in [6.07, 6.45) is 0. The van der Waals surface area contributed by atoms with Crippen molar-refractivity contribution in [3.05, 3.63) is 0 Å². The fourth-order valence-electron chi connectivity index (χ4n) is 2.53. The first-order valence-electron chi connectivity index (χ1n) is 5.37. The molecule has 84 valence electrons. The van der Waals surface area contributed by atoms with Crippen molar-refractivity contribution in [1.82, 2.24) is 9.80 Å². The van der Waals surface area contributed by atoms with Crippen molar-refractivity contribution < 1.29 is 14.7 Å². The van der Waals surface area contributed by atoms with E-state index in [1.54, 1.807) is 0 Å². The molecule has 2 heterocycles.